The fourth-order valence-corrected chi connectivity index (χ4v) is 3.29. The first-order chi connectivity index (χ1) is 13.7. The highest BCUT2D eigenvalue weighted by molar-refractivity contribution is 6.20. The first-order valence-corrected chi connectivity index (χ1v) is 9.02. The van der Waals surface area contributed by atoms with Gasteiger partial charge in [-0.2, -0.15) is 0 Å². The van der Waals surface area contributed by atoms with Gasteiger partial charge in [-0.3, -0.25) is 19.2 Å². The highest BCUT2D eigenvalue weighted by atomic mass is 16.4. The molecule has 0 saturated carbocycles. The summed E-state index contributed by atoms with van der Waals surface area (Å²) in [5.74, 6) is -4.56. The van der Waals surface area contributed by atoms with Crippen molar-refractivity contribution in [2.24, 2.45) is 5.92 Å². The van der Waals surface area contributed by atoms with Crippen LogP contribution in [0, 0.1) is 5.92 Å². The lowest BCUT2D eigenvalue weighted by Gasteiger charge is -2.43. The zero-order valence-electron chi connectivity index (χ0n) is 16.0. The maximum atomic E-state index is 13.0. The molecule has 2 amide bonds. The van der Waals surface area contributed by atoms with Gasteiger partial charge in [0.1, 0.15) is 12.8 Å². The summed E-state index contributed by atoms with van der Waals surface area (Å²) in [6.07, 6.45) is 1.40. The molecule has 3 rings (SSSR count). The first kappa shape index (κ1) is 20.2. The largest absolute Gasteiger partial charge is 0.480 e. The Hall–Kier alpha value is -3.49. The van der Waals surface area contributed by atoms with Crippen LogP contribution in [0.1, 0.15) is 26.0 Å². The number of hydrogen-bond donors (Lipinski definition) is 2. The van der Waals surface area contributed by atoms with Crippen molar-refractivity contribution in [3.05, 3.63) is 42.3 Å². The summed E-state index contributed by atoms with van der Waals surface area (Å²) < 4.78 is 5.50. The van der Waals surface area contributed by atoms with Crippen LogP contribution in [-0.2, 0) is 25.7 Å². The van der Waals surface area contributed by atoms with E-state index in [9.17, 15) is 19.2 Å². The number of aromatic nitrogens is 1. The van der Waals surface area contributed by atoms with Crippen molar-refractivity contribution in [3.8, 4) is 11.5 Å². The van der Waals surface area contributed by atoms with Crippen molar-refractivity contribution in [2.45, 2.75) is 32.4 Å². The van der Waals surface area contributed by atoms with Gasteiger partial charge in [0.2, 0.25) is 17.7 Å². The maximum absolute atomic E-state index is 13.0. The van der Waals surface area contributed by atoms with Gasteiger partial charge < -0.3 is 19.7 Å². The molecule has 1 aromatic heterocycles. The van der Waals surface area contributed by atoms with Crippen LogP contribution in [0.15, 0.2) is 41.0 Å². The van der Waals surface area contributed by atoms with Gasteiger partial charge in [-0.05, 0) is 26.0 Å². The number of carbonyl (C=O) groups is 4. The summed E-state index contributed by atoms with van der Waals surface area (Å²) in [7, 11) is 0. The van der Waals surface area contributed by atoms with Crippen molar-refractivity contribution in [1.29, 1.82) is 0 Å². The fourth-order valence-electron chi connectivity index (χ4n) is 3.29. The second kappa shape index (κ2) is 7.86. The second-order valence-corrected chi connectivity index (χ2v) is 7.43. The van der Waals surface area contributed by atoms with Gasteiger partial charge >= 0.3 is 5.97 Å². The third-order valence-corrected chi connectivity index (χ3v) is 4.74. The molecule has 2 heterocycles. The molecule has 9 nitrogen and oxygen atoms in total. The molecule has 1 aromatic carbocycles. The first-order valence-electron chi connectivity index (χ1n) is 9.02. The summed E-state index contributed by atoms with van der Waals surface area (Å²) >= 11 is 0. The van der Waals surface area contributed by atoms with Crippen molar-refractivity contribution < 1.29 is 28.7 Å². The number of carbonyl (C=O) groups excluding carboxylic acids is 3. The highest BCUT2D eigenvalue weighted by Gasteiger charge is 2.48. The molecule has 1 fully saturated rings. The number of oxazole rings is 1. The van der Waals surface area contributed by atoms with E-state index >= 15 is 0 Å². The molecule has 1 unspecified atom stereocenters. The van der Waals surface area contributed by atoms with Crippen LogP contribution in [0.5, 0.6) is 0 Å². The van der Waals surface area contributed by atoms with E-state index in [-0.39, 0.29) is 13.0 Å². The monoisotopic (exact) mass is 399 g/mol. The number of piperidine rings is 1. The maximum Gasteiger partial charge on any atom is 0.322 e. The Morgan fingerprint density at radius 3 is 2.62 bits per heavy atom. The fraction of sp³-hybridized carbons (Fsp3) is 0.350. The van der Waals surface area contributed by atoms with Crippen LogP contribution in [-0.4, -0.2) is 50.6 Å². The van der Waals surface area contributed by atoms with E-state index in [1.165, 1.54) is 11.2 Å². The summed E-state index contributed by atoms with van der Waals surface area (Å²) in [5.41, 5.74) is 0.428. The van der Waals surface area contributed by atoms with E-state index in [4.69, 9.17) is 9.52 Å². The smallest absolute Gasteiger partial charge is 0.322 e. The number of likely N-dealkylation sites (tertiary alicyclic amines) is 1. The van der Waals surface area contributed by atoms with Gasteiger partial charge in [0.05, 0.1) is 12.2 Å². The van der Waals surface area contributed by atoms with Crippen LogP contribution >= 0.6 is 0 Å². The van der Waals surface area contributed by atoms with Crippen LogP contribution in [0.2, 0.25) is 0 Å². The normalized spacial score (nSPS) is 18.6. The topological polar surface area (TPSA) is 130 Å². The van der Waals surface area contributed by atoms with Gasteiger partial charge in [-0.15, -0.1) is 0 Å². The van der Waals surface area contributed by atoms with E-state index in [2.05, 4.69) is 10.3 Å². The Balaban J connectivity index is 1.80. The SMILES string of the molecule is CC1(C)CC(=O)C(C(=O)NCC(=O)O)C(=O)N1Cc1coc(-c2ccccc2)n1. The van der Waals surface area contributed by atoms with Gasteiger partial charge in [-0.25, -0.2) is 4.98 Å². The zero-order chi connectivity index (χ0) is 21.2. The predicted molar refractivity (Wildman–Crippen MR) is 100 cm³/mol. The number of nitrogens with zero attached hydrogens (tertiary/aromatic N) is 2. The van der Waals surface area contributed by atoms with Crippen LogP contribution in [0.25, 0.3) is 11.5 Å². The van der Waals surface area contributed by atoms with Gasteiger partial charge in [0.25, 0.3) is 0 Å². The number of ketones is 1. The number of Topliss-reactive ketones (excluding diaryl/α,β-unsaturated/α-hetero) is 1. The Morgan fingerprint density at radius 2 is 1.97 bits per heavy atom. The molecular formula is C20H21N3O6. The second-order valence-electron chi connectivity index (χ2n) is 7.43. The quantitative estimate of drug-likeness (QED) is 0.699. The van der Waals surface area contributed by atoms with Gasteiger partial charge in [0, 0.05) is 17.5 Å². The van der Waals surface area contributed by atoms with Crippen molar-refractivity contribution in [1.82, 2.24) is 15.2 Å². The molecule has 0 aliphatic carbocycles. The molecule has 152 valence electrons. The van der Waals surface area contributed by atoms with Crippen molar-refractivity contribution >= 4 is 23.6 Å². The number of carboxylic acids is 1. The molecule has 0 bridgehead atoms. The lowest BCUT2D eigenvalue weighted by molar-refractivity contribution is -0.158. The molecule has 9 heteroatoms. The molecule has 0 radical (unpaired) electrons. The van der Waals surface area contributed by atoms with Crippen molar-refractivity contribution in [2.75, 3.05) is 6.54 Å². The molecule has 0 spiro atoms. The van der Waals surface area contributed by atoms with Crippen LogP contribution < -0.4 is 5.32 Å². The molecule has 1 aliphatic heterocycles. The van der Waals surface area contributed by atoms with E-state index in [1.54, 1.807) is 13.8 Å². The predicted octanol–water partition coefficient (Wildman–Crippen LogP) is 1.24. The molecular weight excluding hydrogens is 378 g/mol. The number of nitrogens with one attached hydrogen (secondary N) is 1. The minimum Gasteiger partial charge on any atom is -0.480 e. The minimum atomic E-state index is -1.57. The summed E-state index contributed by atoms with van der Waals surface area (Å²) in [5, 5.41) is 10.8. The minimum absolute atomic E-state index is 0.0344. The number of amides is 2. The number of rotatable bonds is 6. The van der Waals surface area contributed by atoms with Crippen molar-refractivity contribution in [3.63, 3.8) is 0 Å². The Morgan fingerprint density at radius 1 is 1.28 bits per heavy atom. The molecule has 2 N–H and O–H groups in total. The van der Waals surface area contributed by atoms with E-state index < -0.39 is 41.6 Å². The van der Waals surface area contributed by atoms with E-state index in [0.717, 1.165) is 5.56 Å². The third-order valence-electron chi connectivity index (χ3n) is 4.74. The molecule has 1 atom stereocenters. The standard InChI is InChI=1S/C20H21N3O6/c1-20(2)8-14(24)16(17(27)21-9-15(25)26)19(28)23(20)10-13-11-29-18(22-13)12-6-4-3-5-7-12/h3-7,11,16H,8-10H2,1-2H3,(H,21,27)(H,25,26). The molecule has 2 aromatic rings. The average Bonchev–Trinajstić information content (AvgIpc) is 3.12. The van der Waals surface area contributed by atoms with Crippen LogP contribution in [0.3, 0.4) is 0 Å². The average molecular weight is 399 g/mol. The van der Waals surface area contributed by atoms with Gasteiger partial charge in [-0.1, -0.05) is 18.2 Å². The molecule has 29 heavy (non-hydrogen) atoms. The lowest BCUT2D eigenvalue weighted by Crippen LogP contribution is -2.60. The number of hydrogen-bond acceptors (Lipinski definition) is 6. The number of carboxylic acid groups (broad SMARTS) is 1. The van der Waals surface area contributed by atoms with E-state index in [1.807, 2.05) is 30.3 Å². The van der Waals surface area contributed by atoms with E-state index in [0.29, 0.717) is 11.6 Å². The lowest BCUT2D eigenvalue weighted by atomic mass is 9.82. The van der Waals surface area contributed by atoms with Crippen LogP contribution in [0.4, 0.5) is 0 Å². The summed E-state index contributed by atoms with van der Waals surface area (Å²) in [6.45, 7) is 2.85. The summed E-state index contributed by atoms with van der Waals surface area (Å²) in [6, 6.07) is 9.25. The number of aliphatic carboxylic acids is 1. The molecule has 1 saturated heterocycles. The Kier molecular flexibility index (Phi) is 5.49. The highest BCUT2D eigenvalue weighted by Crippen LogP contribution is 2.31. The zero-order valence-corrected chi connectivity index (χ0v) is 16.0. The Labute approximate surface area is 166 Å². The van der Waals surface area contributed by atoms with Gasteiger partial charge in [0.15, 0.2) is 11.7 Å². The number of benzene rings is 1. The Bertz CT molecular complexity index is 950. The third kappa shape index (κ3) is 4.34. The summed E-state index contributed by atoms with van der Waals surface area (Å²) in [4.78, 5) is 54.1. The molecule has 1 aliphatic rings.